The third-order valence-electron chi connectivity index (χ3n) is 7.84. The van der Waals surface area contributed by atoms with Crippen LogP contribution in [0.1, 0.15) is 63.3 Å². The number of morpholine rings is 1. The smallest absolute Gasteiger partial charge is 0.383 e. The Bertz CT molecular complexity index is 1010. The maximum absolute atomic E-state index is 13.4. The van der Waals surface area contributed by atoms with Crippen molar-refractivity contribution in [3.05, 3.63) is 29.6 Å². The highest BCUT2D eigenvalue weighted by molar-refractivity contribution is 5.63. The van der Waals surface area contributed by atoms with Gasteiger partial charge in [0.1, 0.15) is 5.82 Å². The first-order valence-electron chi connectivity index (χ1n) is 12.0. The lowest BCUT2D eigenvalue weighted by atomic mass is 10.0. The van der Waals surface area contributed by atoms with Gasteiger partial charge in [0, 0.05) is 48.5 Å². The molecule has 2 aromatic rings. The third-order valence-corrected chi connectivity index (χ3v) is 7.84. The van der Waals surface area contributed by atoms with Gasteiger partial charge >= 0.3 is 6.18 Å². The first-order valence-corrected chi connectivity index (χ1v) is 12.0. The first kappa shape index (κ1) is 22.7. The molecule has 1 aliphatic heterocycles. The van der Waals surface area contributed by atoms with Gasteiger partial charge in [-0.15, -0.1) is 0 Å². The molecule has 3 heterocycles. The molecule has 5 rings (SSSR count). The number of aromatic nitrogens is 3. The van der Waals surface area contributed by atoms with E-state index in [9.17, 15) is 13.2 Å². The normalized spacial score (nSPS) is 30.9. The van der Waals surface area contributed by atoms with E-state index in [1.807, 2.05) is 10.7 Å². The molecule has 2 saturated carbocycles. The van der Waals surface area contributed by atoms with Crippen LogP contribution in [0.2, 0.25) is 0 Å². The number of rotatable bonds is 5. The van der Waals surface area contributed by atoms with E-state index in [1.54, 1.807) is 0 Å². The zero-order valence-electron chi connectivity index (χ0n) is 19.3. The second-order valence-corrected chi connectivity index (χ2v) is 9.97. The summed E-state index contributed by atoms with van der Waals surface area (Å²) in [5.41, 5.74) is 6.62. The van der Waals surface area contributed by atoms with Gasteiger partial charge in [0.25, 0.3) is 0 Å². The van der Waals surface area contributed by atoms with Crippen LogP contribution >= 0.6 is 0 Å². The van der Waals surface area contributed by atoms with Gasteiger partial charge in [-0.05, 0) is 57.1 Å². The van der Waals surface area contributed by atoms with Gasteiger partial charge in [-0.3, -0.25) is 9.58 Å². The molecule has 3 fully saturated rings. The number of nitrogens with two attached hydrogens (primary N) is 1. The minimum atomic E-state index is -4.55. The van der Waals surface area contributed by atoms with Crippen LogP contribution in [0.5, 0.6) is 0 Å². The van der Waals surface area contributed by atoms with E-state index >= 15 is 0 Å². The number of alkyl halides is 3. The maximum atomic E-state index is 13.4. The first-order chi connectivity index (χ1) is 15.7. The van der Waals surface area contributed by atoms with Gasteiger partial charge < -0.3 is 10.5 Å². The number of pyridine rings is 1. The zero-order valence-corrected chi connectivity index (χ0v) is 19.3. The Morgan fingerprint density at radius 3 is 2.61 bits per heavy atom. The molecule has 0 bridgehead atoms. The Hall–Kier alpha value is -2.13. The van der Waals surface area contributed by atoms with Crippen molar-refractivity contribution in [1.29, 1.82) is 0 Å². The van der Waals surface area contributed by atoms with Crippen LogP contribution in [-0.2, 0) is 10.9 Å². The molecule has 4 atom stereocenters. The summed E-state index contributed by atoms with van der Waals surface area (Å²) < 4.78 is 47.8. The van der Waals surface area contributed by atoms with Crippen LogP contribution < -0.4 is 5.73 Å². The Morgan fingerprint density at radius 1 is 1.24 bits per heavy atom. The SMILES string of the molecule is CCC(C)n1nc(-c2cnc(N)c(C(F)(F)F)c2)cc1C1C2CC(N3CCOC(C)C3)CC21. The molecule has 3 aliphatic rings. The molecule has 0 radical (unpaired) electrons. The van der Waals surface area contributed by atoms with Gasteiger partial charge in [0.15, 0.2) is 0 Å². The minimum Gasteiger partial charge on any atom is -0.383 e. The van der Waals surface area contributed by atoms with E-state index in [-0.39, 0.29) is 12.1 Å². The van der Waals surface area contributed by atoms with Crippen molar-refractivity contribution in [3.8, 4) is 11.3 Å². The Kier molecular flexibility index (Phi) is 5.68. The largest absolute Gasteiger partial charge is 0.419 e. The van der Waals surface area contributed by atoms with Crippen LogP contribution in [0.3, 0.4) is 0 Å². The highest BCUT2D eigenvalue weighted by Gasteiger charge is 2.58. The summed E-state index contributed by atoms with van der Waals surface area (Å²) in [5, 5.41) is 4.75. The van der Waals surface area contributed by atoms with Crippen molar-refractivity contribution in [2.45, 2.75) is 70.3 Å². The van der Waals surface area contributed by atoms with E-state index < -0.39 is 17.6 Å². The maximum Gasteiger partial charge on any atom is 0.419 e. The van der Waals surface area contributed by atoms with Crippen LogP contribution in [0.15, 0.2) is 18.3 Å². The summed E-state index contributed by atoms with van der Waals surface area (Å²) in [7, 11) is 0. The van der Waals surface area contributed by atoms with Crippen molar-refractivity contribution in [2.24, 2.45) is 11.8 Å². The second kappa shape index (κ2) is 8.27. The number of nitrogens with zero attached hydrogens (tertiary/aromatic N) is 4. The van der Waals surface area contributed by atoms with Crippen molar-refractivity contribution in [1.82, 2.24) is 19.7 Å². The molecule has 0 aromatic carbocycles. The topological polar surface area (TPSA) is 69.2 Å². The molecule has 0 amide bonds. The predicted octanol–water partition coefficient (Wildman–Crippen LogP) is 4.73. The molecule has 0 spiro atoms. The van der Waals surface area contributed by atoms with Crippen molar-refractivity contribution in [2.75, 3.05) is 25.4 Å². The lowest BCUT2D eigenvalue weighted by Crippen LogP contribution is -2.46. The summed E-state index contributed by atoms with van der Waals surface area (Å²) in [6.07, 6.45) is 0.375. The standard InChI is InChI=1S/C24H32F3N5O/c1-4-13(2)32-21(10-20(30-32)15-7-19(24(25,26)27)23(28)29-11-15)22-17-8-16(9-18(17)22)31-5-6-33-14(3)12-31/h7,10-11,13-14,16-18,22H,4-6,8-9,12H2,1-3H3,(H2,28,29). The van der Waals surface area contributed by atoms with E-state index in [1.165, 1.54) is 19.0 Å². The summed E-state index contributed by atoms with van der Waals surface area (Å²) in [4.78, 5) is 6.38. The van der Waals surface area contributed by atoms with Gasteiger partial charge in [-0.2, -0.15) is 18.3 Å². The molecule has 180 valence electrons. The molecule has 2 aromatic heterocycles. The van der Waals surface area contributed by atoms with E-state index in [4.69, 9.17) is 15.6 Å². The Morgan fingerprint density at radius 2 is 1.97 bits per heavy atom. The fraction of sp³-hybridized carbons (Fsp3) is 0.667. The van der Waals surface area contributed by atoms with Crippen molar-refractivity contribution in [3.63, 3.8) is 0 Å². The monoisotopic (exact) mass is 463 g/mol. The average Bonchev–Trinajstić information content (AvgIpc) is 3.12. The predicted molar refractivity (Wildman–Crippen MR) is 120 cm³/mol. The van der Waals surface area contributed by atoms with Gasteiger partial charge in [-0.1, -0.05) is 6.92 Å². The fourth-order valence-corrected chi connectivity index (χ4v) is 5.89. The lowest BCUT2D eigenvalue weighted by Gasteiger charge is -2.36. The number of ether oxygens (including phenoxy) is 1. The molecular formula is C24H32F3N5O. The van der Waals surface area contributed by atoms with Gasteiger partial charge in [0.2, 0.25) is 0 Å². The highest BCUT2D eigenvalue weighted by Crippen LogP contribution is 2.64. The summed E-state index contributed by atoms with van der Waals surface area (Å²) >= 11 is 0. The van der Waals surface area contributed by atoms with Crippen molar-refractivity contribution >= 4 is 5.82 Å². The summed E-state index contributed by atoms with van der Waals surface area (Å²) in [6.45, 7) is 9.14. The van der Waals surface area contributed by atoms with Crippen LogP contribution in [0.4, 0.5) is 19.0 Å². The van der Waals surface area contributed by atoms with Crippen LogP contribution in [0.25, 0.3) is 11.3 Å². The van der Waals surface area contributed by atoms with Gasteiger partial charge in [-0.25, -0.2) is 4.98 Å². The molecule has 2 N–H and O–H groups in total. The van der Waals surface area contributed by atoms with Gasteiger partial charge in [0.05, 0.1) is 24.0 Å². The molecular weight excluding hydrogens is 431 g/mol. The molecule has 4 unspecified atom stereocenters. The number of fused-ring (bicyclic) bond motifs is 1. The Labute approximate surface area is 192 Å². The molecule has 6 nitrogen and oxygen atoms in total. The highest BCUT2D eigenvalue weighted by atomic mass is 19.4. The number of halogens is 3. The molecule has 9 heteroatoms. The Balaban J connectivity index is 1.39. The number of hydrogen-bond acceptors (Lipinski definition) is 5. The molecule has 2 aliphatic carbocycles. The third kappa shape index (κ3) is 4.14. The number of hydrogen-bond donors (Lipinski definition) is 1. The average molecular weight is 464 g/mol. The quantitative estimate of drug-likeness (QED) is 0.694. The minimum absolute atomic E-state index is 0.176. The summed E-state index contributed by atoms with van der Waals surface area (Å²) in [6, 6.07) is 3.83. The number of nitrogen functional groups attached to an aromatic ring is 1. The molecule has 1 saturated heterocycles. The lowest BCUT2D eigenvalue weighted by molar-refractivity contribution is -0.137. The van der Waals surface area contributed by atoms with Crippen LogP contribution in [-0.4, -0.2) is 51.5 Å². The van der Waals surface area contributed by atoms with E-state index in [2.05, 4.69) is 30.7 Å². The second-order valence-electron chi connectivity index (χ2n) is 9.97. The van der Waals surface area contributed by atoms with Crippen molar-refractivity contribution < 1.29 is 17.9 Å². The van der Waals surface area contributed by atoms with E-state index in [0.29, 0.717) is 35.1 Å². The fourth-order valence-electron chi connectivity index (χ4n) is 5.89. The van der Waals surface area contributed by atoms with Crippen LogP contribution in [0, 0.1) is 11.8 Å². The zero-order chi connectivity index (χ0) is 23.5. The molecule has 33 heavy (non-hydrogen) atoms. The van der Waals surface area contributed by atoms with E-state index in [0.717, 1.165) is 37.9 Å². The number of anilines is 1. The summed E-state index contributed by atoms with van der Waals surface area (Å²) in [5.74, 6) is 1.17.